The Morgan fingerprint density at radius 1 is 0.318 bits per heavy atom. The number of rotatable bonds is 10. The van der Waals surface area contributed by atoms with Crippen LogP contribution in [0.3, 0.4) is 0 Å². The highest BCUT2D eigenvalue weighted by atomic mass is 15.2. The van der Waals surface area contributed by atoms with E-state index in [9.17, 15) is 5.26 Å². The molecule has 0 unspecified atom stereocenters. The number of hydrogen-bond donors (Lipinski definition) is 0. The molecule has 2 aliphatic rings. The first-order valence-corrected chi connectivity index (χ1v) is 36.9. The van der Waals surface area contributed by atoms with Gasteiger partial charge < -0.3 is 18.9 Å². The van der Waals surface area contributed by atoms with Crippen LogP contribution < -0.4 is 26.2 Å². The van der Waals surface area contributed by atoms with Crippen molar-refractivity contribution in [1.82, 2.24) is 9.13 Å². The van der Waals surface area contributed by atoms with Crippen molar-refractivity contribution in [2.24, 2.45) is 0 Å². The minimum atomic E-state index is -0.311. The predicted octanol–water partition coefficient (Wildman–Crippen LogP) is 25.0. The zero-order valence-electron chi connectivity index (χ0n) is 60.5. The summed E-state index contributed by atoms with van der Waals surface area (Å²) in [6.45, 7) is 21.5. The average Bonchev–Trinajstić information content (AvgIpc) is 1.18. The molecule has 0 saturated heterocycles. The zero-order chi connectivity index (χ0) is 72.4. The average molecular weight is 1370 g/mol. The molecule has 0 aliphatic carbocycles. The molecular formula is C100H73BN6. The lowest BCUT2D eigenvalue weighted by Gasteiger charge is -2.46. The lowest BCUT2D eigenvalue weighted by atomic mass is 9.33. The molecule has 107 heavy (non-hydrogen) atoms. The van der Waals surface area contributed by atoms with Crippen LogP contribution >= 0.6 is 0 Å². The molecule has 506 valence electrons. The minimum absolute atomic E-state index is 0.0876. The first-order chi connectivity index (χ1) is 52.2. The van der Waals surface area contributed by atoms with Crippen LogP contribution in [0.2, 0.25) is 0 Å². The number of benzene rings is 15. The smallest absolute Gasteiger partial charge is 0.252 e. The molecule has 4 heterocycles. The fourth-order valence-corrected chi connectivity index (χ4v) is 17.0. The Kier molecular flexibility index (Phi) is 15.1. The van der Waals surface area contributed by atoms with Crippen molar-refractivity contribution < 1.29 is 0 Å². The Bertz CT molecular complexity index is 6440. The predicted molar refractivity (Wildman–Crippen MR) is 450 cm³/mol. The molecule has 15 aromatic carbocycles. The van der Waals surface area contributed by atoms with E-state index in [0.717, 1.165) is 145 Å². The molecule has 2 aromatic heterocycles. The molecule has 0 amide bonds. The van der Waals surface area contributed by atoms with Gasteiger partial charge in [0.2, 0.25) is 0 Å². The summed E-state index contributed by atoms with van der Waals surface area (Å²) in [5, 5.41) is 15.3. The maximum Gasteiger partial charge on any atom is 0.252 e. The SMILES string of the molecule is [C-]#[N+]c1cccc(-c2ccc(N3c4cc(-n5c6ccccc6c6ccccc65)ccc4B4c5ccc(-n6c7ccccc7c7ccccc76)cc5N(c5c(-c6ccccc6)cc(-c6cccc(C#N)c6)cc5-c5ccc(C(C)(C)C)cc5)c5cc(-c6ccccc6)cc3c54)c(-c3ccc(C(C)(C)C)cc3)c2)c1. The molecule has 2 aliphatic heterocycles. The van der Waals surface area contributed by atoms with Crippen molar-refractivity contribution in [2.45, 2.75) is 52.4 Å². The highest BCUT2D eigenvalue weighted by Crippen LogP contribution is 2.55. The molecule has 0 bridgehead atoms. The van der Waals surface area contributed by atoms with Crippen LogP contribution in [0.15, 0.2) is 334 Å². The number of hydrogen-bond acceptors (Lipinski definition) is 3. The van der Waals surface area contributed by atoms with E-state index in [4.69, 9.17) is 6.57 Å². The van der Waals surface area contributed by atoms with E-state index in [2.05, 4.69) is 369 Å². The number of anilines is 6. The van der Waals surface area contributed by atoms with Gasteiger partial charge in [-0.25, -0.2) is 4.85 Å². The van der Waals surface area contributed by atoms with Crippen LogP contribution in [0, 0.1) is 17.9 Å². The van der Waals surface area contributed by atoms with E-state index in [-0.39, 0.29) is 17.5 Å². The monoisotopic (exact) mass is 1370 g/mol. The highest BCUT2D eigenvalue weighted by molar-refractivity contribution is 7.00. The Hall–Kier alpha value is -13.5. The van der Waals surface area contributed by atoms with Gasteiger partial charge >= 0.3 is 0 Å². The Morgan fingerprint density at radius 3 is 1.22 bits per heavy atom. The Balaban J connectivity index is 0.984. The normalized spacial score (nSPS) is 12.5. The second-order valence-electron chi connectivity index (χ2n) is 30.7. The lowest BCUT2D eigenvalue weighted by molar-refractivity contribution is 0.590. The quantitative estimate of drug-likeness (QED) is 0.101. The fraction of sp³-hybridized carbons (Fsp3) is 0.0800. The number of nitrogens with zero attached hydrogens (tertiary/aromatic N) is 6. The van der Waals surface area contributed by atoms with Gasteiger partial charge in [-0.3, -0.25) is 0 Å². The summed E-state index contributed by atoms with van der Waals surface area (Å²) in [6.07, 6.45) is 0. The van der Waals surface area contributed by atoms with Crippen molar-refractivity contribution >= 4 is 107 Å². The second kappa shape index (κ2) is 25.2. The summed E-state index contributed by atoms with van der Waals surface area (Å²) >= 11 is 0. The molecular weight excluding hydrogens is 1300 g/mol. The third-order valence-corrected chi connectivity index (χ3v) is 22.2. The van der Waals surface area contributed by atoms with Crippen LogP contribution in [0.1, 0.15) is 58.2 Å². The van der Waals surface area contributed by atoms with Gasteiger partial charge in [-0.15, -0.1) is 0 Å². The number of nitriles is 1. The van der Waals surface area contributed by atoms with Crippen LogP contribution in [0.25, 0.3) is 127 Å². The molecule has 0 N–H and O–H groups in total. The number of para-hydroxylation sites is 4. The van der Waals surface area contributed by atoms with Gasteiger partial charge in [0.15, 0.2) is 5.69 Å². The summed E-state index contributed by atoms with van der Waals surface area (Å²) in [5.41, 5.74) is 32.3. The van der Waals surface area contributed by atoms with Gasteiger partial charge in [0.1, 0.15) is 0 Å². The molecule has 7 heteroatoms. The second-order valence-corrected chi connectivity index (χ2v) is 30.7. The molecule has 0 atom stereocenters. The van der Waals surface area contributed by atoms with Gasteiger partial charge in [0.05, 0.1) is 51.6 Å². The minimum Gasteiger partial charge on any atom is -0.311 e. The van der Waals surface area contributed by atoms with Crippen molar-refractivity contribution in [1.29, 1.82) is 5.26 Å². The van der Waals surface area contributed by atoms with E-state index in [0.29, 0.717) is 11.3 Å². The summed E-state index contributed by atoms with van der Waals surface area (Å²) in [4.78, 5) is 9.18. The van der Waals surface area contributed by atoms with Gasteiger partial charge in [0.25, 0.3) is 6.71 Å². The molecule has 0 radical (unpaired) electrons. The van der Waals surface area contributed by atoms with E-state index in [1.54, 1.807) is 0 Å². The summed E-state index contributed by atoms with van der Waals surface area (Å²) in [6, 6.07) is 125. The first kappa shape index (κ1) is 64.4. The van der Waals surface area contributed by atoms with E-state index in [1.165, 1.54) is 38.1 Å². The van der Waals surface area contributed by atoms with E-state index in [1.807, 2.05) is 36.4 Å². The molecule has 0 spiro atoms. The zero-order valence-corrected chi connectivity index (χ0v) is 60.5. The van der Waals surface area contributed by atoms with Crippen molar-refractivity contribution in [3.05, 3.63) is 362 Å². The standard InChI is InChI=1S/C100H73BN6/c1-99(2,3)74-45-40-67(41-46-74)83-56-71(70-30-23-31-76(55-70)103-7)44-53-92(83)106-93-61-77(104-88-36-18-14-32-79(88)80-33-15-19-37-89(80)104)49-51-86(93)101-87-52-50-78(105-90-38-20-16-34-81(90)82-35-17-21-39-91(82)105)62-94(87)107(96-60-73(59-95(106)97(96)101)65-25-10-8-11-26-65)98-84(66-27-12-9-13-28-66)57-72(69-29-22-24-64(54-69)63-102)58-85(98)68-42-47-75(48-43-68)100(4,5)6/h8-62H,1-6H3. The molecule has 0 fully saturated rings. The molecule has 0 saturated carbocycles. The lowest BCUT2D eigenvalue weighted by Crippen LogP contribution is -2.61. The number of aromatic nitrogens is 2. The fourth-order valence-electron chi connectivity index (χ4n) is 17.0. The van der Waals surface area contributed by atoms with E-state index >= 15 is 0 Å². The van der Waals surface area contributed by atoms with E-state index < -0.39 is 0 Å². The largest absolute Gasteiger partial charge is 0.311 e. The third kappa shape index (κ3) is 10.8. The van der Waals surface area contributed by atoms with Gasteiger partial charge in [0, 0.05) is 72.4 Å². The Morgan fingerprint density at radius 2 is 0.720 bits per heavy atom. The van der Waals surface area contributed by atoms with Crippen molar-refractivity contribution in [3.63, 3.8) is 0 Å². The molecule has 19 rings (SSSR count). The van der Waals surface area contributed by atoms with Gasteiger partial charge in [-0.05, 0) is 192 Å². The highest BCUT2D eigenvalue weighted by Gasteiger charge is 2.46. The van der Waals surface area contributed by atoms with Crippen LogP contribution in [-0.4, -0.2) is 15.8 Å². The summed E-state index contributed by atoms with van der Waals surface area (Å²) < 4.78 is 4.92. The molecule has 17 aromatic rings. The van der Waals surface area contributed by atoms with Gasteiger partial charge in [-0.2, -0.15) is 5.26 Å². The van der Waals surface area contributed by atoms with Crippen molar-refractivity contribution in [2.75, 3.05) is 9.80 Å². The Labute approximate surface area is 625 Å². The summed E-state index contributed by atoms with van der Waals surface area (Å²) in [7, 11) is 0. The number of fused-ring (bicyclic) bond motifs is 10. The maximum absolute atomic E-state index is 10.5. The van der Waals surface area contributed by atoms with Crippen LogP contribution in [-0.2, 0) is 10.8 Å². The van der Waals surface area contributed by atoms with Crippen molar-refractivity contribution in [3.8, 4) is 84.2 Å². The van der Waals surface area contributed by atoms with Crippen LogP contribution in [0.5, 0.6) is 0 Å². The van der Waals surface area contributed by atoms with Gasteiger partial charge in [-0.1, -0.05) is 272 Å². The maximum atomic E-state index is 10.5. The molecule has 6 nitrogen and oxygen atoms in total. The summed E-state index contributed by atoms with van der Waals surface area (Å²) in [5.74, 6) is 0. The first-order valence-electron chi connectivity index (χ1n) is 36.9. The van der Waals surface area contributed by atoms with Crippen LogP contribution in [0.4, 0.5) is 39.8 Å². The third-order valence-electron chi connectivity index (χ3n) is 22.2. The topological polar surface area (TPSA) is 44.5 Å².